The second-order valence-corrected chi connectivity index (χ2v) is 13.6. The molecular weight excluding hydrogens is 593 g/mol. The maximum absolute atomic E-state index is 14.1. The summed E-state index contributed by atoms with van der Waals surface area (Å²) in [6, 6.07) is 19.6. The molecule has 0 radical (unpaired) electrons. The zero-order valence-corrected chi connectivity index (χ0v) is 25.8. The van der Waals surface area contributed by atoms with Gasteiger partial charge in [0.2, 0.25) is 21.8 Å². The van der Waals surface area contributed by atoms with E-state index in [1.807, 2.05) is 51.1 Å². The fourth-order valence-corrected chi connectivity index (χ4v) is 5.66. The standard InChI is InChI=1S/C29H32Cl3N3O4S/c1-29(2,3)33-28(37)26(14-20-10-6-5-7-11-20)34(18-21-12-8-9-13-25(21)32)27(36)19-35(40(4,38)39)24-16-22(30)15-23(31)17-24/h5-13,15-17,26H,14,18-19H2,1-4H3,(H,33,37)/t26-/m0/s1. The Hall–Kier alpha value is -2.78. The van der Waals surface area contributed by atoms with Crippen LogP contribution in [0.25, 0.3) is 0 Å². The molecule has 3 aromatic carbocycles. The Kier molecular flexibility index (Phi) is 10.5. The van der Waals surface area contributed by atoms with E-state index in [-0.39, 0.29) is 34.6 Å². The van der Waals surface area contributed by atoms with Gasteiger partial charge in [-0.3, -0.25) is 13.9 Å². The van der Waals surface area contributed by atoms with E-state index < -0.39 is 34.1 Å². The molecule has 0 heterocycles. The van der Waals surface area contributed by atoms with E-state index in [4.69, 9.17) is 34.8 Å². The summed E-state index contributed by atoms with van der Waals surface area (Å²) in [4.78, 5) is 29.2. The molecule has 0 spiro atoms. The summed E-state index contributed by atoms with van der Waals surface area (Å²) in [6.07, 6.45) is 1.18. The minimum atomic E-state index is -3.95. The van der Waals surface area contributed by atoms with Crippen LogP contribution >= 0.6 is 34.8 Å². The number of nitrogens with one attached hydrogen (secondary N) is 1. The highest BCUT2D eigenvalue weighted by Gasteiger charge is 2.34. The van der Waals surface area contributed by atoms with Crippen molar-refractivity contribution in [2.24, 2.45) is 0 Å². The third kappa shape index (κ3) is 9.13. The number of hydrogen-bond acceptors (Lipinski definition) is 4. The van der Waals surface area contributed by atoms with E-state index in [2.05, 4.69) is 5.32 Å². The quantitative estimate of drug-likeness (QED) is 0.301. The number of amides is 2. The van der Waals surface area contributed by atoms with Crippen molar-refractivity contribution in [3.8, 4) is 0 Å². The summed E-state index contributed by atoms with van der Waals surface area (Å²) in [5.41, 5.74) is 0.984. The maximum atomic E-state index is 14.1. The Bertz CT molecular complexity index is 1440. The van der Waals surface area contributed by atoms with Gasteiger partial charge in [-0.15, -0.1) is 0 Å². The van der Waals surface area contributed by atoms with Crippen molar-refractivity contribution in [1.29, 1.82) is 0 Å². The molecule has 3 aromatic rings. The van der Waals surface area contributed by atoms with Crippen molar-refractivity contribution in [2.45, 2.75) is 45.3 Å². The number of carbonyl (C=O) groups is 2. The number of carbonyl (C=O) groups excluding carboxylic acids is 2. The number of anilines is 1. The monoisotopic (exact) mass is 623 g/mol. The molecule has 3 rings (SSSR count). The lowest BCUT2D eigenvalue weighted by atomic mass is 10.0. The molecule has 214 valence electrons. The van der Waals surface area contributed by atoms with Gasteiger partial charge in [-0.2, -0.15) is 0 Å². The largest absolute Gasteiger partial charge is 0.350 e. The van der Waals surface area contributed by atoms with Crippen LogP contribution in [-0.2, 0) is 32.6 Å². The predicted molar refractivity (Wildman–Crippen MR) is 162 cm³/mol. The van der Waals surface area contributed by atoms with Gasteiger partial charge in [-0.05, 0) is 56.2 Å². The van der Waals surface area contributed by atoms with Crippen molar-refractivity contribution in [1.82, 2.24) is 10.2 Å². The molecule has 2 amide bonds. The van der Waals surface area contributed by atoms with Crippen LogP contribution in [0.1, 0.15) is 31.9 Å². The van der Waals surface area contributed by atoms with Crippen molar-refractivity contribution in [3.05, 3.63) is 99.0 Å². The number of halogens is 3. The molecule has 0 aromatic heterocycles. The van der Waals surface area contributed by atoms with Gasteiger partial charge in [0.05, 0.1) is 11.9 Å². The molecule has 1 atom stereocenters. The first-order valence-corrected chi connectivity index (χ1v) is 15.4. The second kappa shape index (κ2) is 13.3. The average Bonchev–Trinajstić information content (AvgIpc) is 2.83. The van der Waals surface area contributed by atoms with Gasteiger partial charge in [-0.25, -0.2) is 8.42 Å². The number of hydrogen-bond donors (Lipinski definition) is 1. The zero-order valence-electron chi connectivity index (χ0n) is 22.7. The molecule has 1 N–H and O–H groups in total. The smallest absolute Gasteiger partial charge is 0.244 e. The van der Waals surface area contributed by atoms with E-state index >= 15 is 0 Å². The maximum Gasteiger partial charge on any atom is 0.244 e. The van der Waals surface area contributed by atoms with E-state index in [1.165, 1.54) is 23.1 Å². The molecule has 0 bridgehead atoms. The minimum Gasteiger partial charge on any atom is -0.350 e. The zero-order chi connectivity index (χ0) is 29.7. The highest BCUT2D eigenvalue weighted by molar-refractivity contribution is 7.92. The van der Waals surface area contributed by atoms with Gasteiger partial charge in [0, 0.05) is 33.6 Å². The van der Waals surface area contributed by atoms with Gasteiger partial charge in [-0.1, -0.05) is 83.3 Å². The fourth-order valence-electron chi connectivity index (χ4n) is 4.11. The number of sulfonamides is 1. The SMILES string of the molecule is CC(C)(C)NC(=O)[C@H](Cc1ccccc1)N(Cc1ccccc1Cl)C(=O)CN(c1cc(Cl)cc(Cl)c1)S(C)(=O)=O. The summed E-state index contributed by atoms with van der Waals surface area (Å²) in [7, 11) is -3.95. The van der Waals surface area contributed by atoms with Gasteiger partial charge in [0.25, 0.3) is 0 Å². The third-order valence-electron chi connectivity index (χ3n) is 5.88. The molecule has 0 saturated heterocycles. The van der Waals surface area contributed by atoms with Crippen molar-refractivity contribution >= 4 is 62.3 Å². The van der Waals surface area contributed by atoms with Gasteiger partial charge in [0.1, 0.15) is 12.6 Å². The second-order valence-electron chi connectivity index (χ2n) is 10.5. The number of rotatable bonds is 10. The van der Waals surface area contributed by atoms with E-state index in [1.54, 1.807) is 24.3 Å². The molecule has 0 fully saturated rings. The van der Waals surface area contributed by atoms with Gasteiger partial charge < -0.3 is 10.2 Å². The lowest BCUT2D eigenvalue weighted by Gasteiger charge is -2.35. The van der Waals surface area contributed by atoms with Crippen molar-refractivity contribution in [3.63, 3.8) is 0 Å². The summed E-state index contributed by atoms with van der Waals surface area (Å²) in [5.74, 6) is -0.986. The molecule has 40 heavy (non-hydrogen) atoms. The van der Waals surface area contributed by atoms with Crippen LogP contribution in [0.3, 0.4) is 0 Å². The summed E-state index contributed by atoms with van der Waals surface area (Å²) < 4.78 is 26.7. The van der Waals surface area contributed by atoms with Crippen LogP contribution in [0.15, 0.2) is 72.8 Å². The highest BCUT2D eigenvalue weighted by atomic mass is 35.5. The fraction of sp³-hybridized carbons (Fsp3) is 0.310. The number of nitrogens with zero attached hydrogens (tertiary/aromatic N) is 2. The first-order chi connectivity index (χ1) is 18.6. The molecule has 0 unspecified atom stereocenters. The Balaban J connectivity index is 2.10. The van der Waals surface area contributed by atoms with Crippen LogP contribution in [-0.4, -0.2) is 49.5 Å². The summed E-state index contributed by atoms with van der Waals surface area (Å²) in [6.45, 7) is 4.92. The average molecular weight is 625 g/mol. The van der Waals surface area contributed by atoms with Crippen LogP contribution < -0.4 is 9.62 Å². The Labute approximate surface area is 251 Å². The minimum absolute atomic E-state index is 0.0263. The molecule has 0 aliphatic carbocycles. The highest BCUT2D eigenvalue weighted by Crippen LogP contribution is 2.28. The normalized spacial score (nSPS) is 12.5. The lowest BCUT2D eigenvalue weighted by molar-refractivity contribution is -0.140. The Morgan fingerprint density at radius 3 is 2.02 bits per heavy atom. The van der Waals surface area contributed by atoms with Crippen LogP contribution in [0.2, 0.25) is 15.1 Å². The van der Waals surface area contributed by atoms with Gasteiger partial charge in [0.15, 0.2) is 0 Å². The first kappa shape index (κ1) is 31.7. The number of benzene rings is 3. The topological polar surface area (TPSA) is 86.8 Å². The first-order valence-electron chi connectivity index (χ1n) is 12.5. The predicted octanol–water partition coefficient (Wildman–Crippen LogP) is 5.97. The Morgan fingerprint density at radius 1 is 0.900 bits per heavy atom. The summed E-state index contributed by atoms with van der Waals surface area (Å²) in [5, 5.41) is 3.81. The van der Waals surface area contributed by atoms with E-state index in [0.29, 0.717) is 10.6 Å². The third-order valence-corrected chi connectivity index (χ3v) is 7.83. The molecule has 0 saturated carbocycles. The molecule has 0 aliphatic heterocycles. The van der Waals surface area contributed by atoms with Crippen molar-refractivity contribution < 1.29 is 18.0 Å². The molecule has 7 nitrogen and oxygen atoms in total. The molecule has 11 heteroatoms. The van der Waals surface area contributed by atoms with Crippen LogP contribution in [0.5, 0.6) is 0 Å². The summed E-state index contributed by atoms with van der Waals surface area (Å²) >= 11 is 18.7. The lowest BCUT2D eigenvalue weighted by Crippen LogP contribution is -2.56. The van der Waals surface area contributed by atoms with Crippen LogP contribution in [0.4, 0.5) is 5.69 Å². The van der Waals surface area contributed by atoms with Crippen molar-refractivity contribution in [2.75, 3.05) is 17.1 Å². The van der Waals surface area contributed by atoms with Gasteiger partial charge >= 0.3 is 0 Å². The Morgan fingerprint density at radius 2 is 1.48 bits per heavy atom. The molecule has 0 aliphatic rings. The van der Waals surface area contributed by atoms with Crippen LogP contribution in [0, 0.1) is 0 Å². The van der Waals surface area contributed by atoms with E-state index in [0.717, 1.165) is 16.1 Å². The molecular formula is C29H32Cl3N3O4S. The van der Waals surface area contributed by atoms with E-state index in [9.17, 15) is 18.0 Å².